The number of aryl methyl sites for hydroxylation is 3. The molecule has 3 N–H and O–H groups in total. The fourth-order valence-electron chi connectivity index (χ4n) is 4.23. The number of hydrogen-bond donors (Lipinski definition) is 2. The van der Waals surface area contributed by atoms with Crippen LogP contribution in [0, 0.1) is 6.92 Å². The van der Waals surface area contributed by atoms with Gasteiger partial charge in [0.15, 0.2) is 0 Å². The molecule has 30 heavy (non-hydrogen) atoms. The molecule has 0 radical (unpaired) electrons. The van der Waals surface area contributed by atoms with Crippen LogP contribution in [0.1, 0.15) is 43.5 Å². The van der Waals surface area contributed by atoms with Crippen LogP contribution >= 0.6 is 0 Å². The van der Waals surface area contributed by atoms with E-state index in [-0.39, 0.29) is 0 Å². The minimum atomic E-state index is 0.626. The van der Waals surface area contributed by atoms with Gasteiger partial charge in [0.2, 0.25) is 0 Å². The number of aromatic nitrogens is 2. The molecule has 0 aliphatic heterocycles. The van der Waals surface area contributed by atoms with Gasteiger partial charge in [-0.1, -0.05) is 19.1 Å². The van der Waals surface area contributed by atoms with Gasteiger partial charge < -0.3 is 15.5 Å². The number of nitrogens with zero attached hydrogens (tertiary/aromatic N) is 1. The topological polar surface area (TPSA) is 63.9 Å². The molecule has 0 aliphatic rings. The van der Waals surface area contributed by atoms with Crippen LogP contribution < -0.4 is 10.5 Å². The van der Waals surface area contributed by atoms with Gasteiger partial charge in [0.25, 0.3) is 0 Å². The number of pyridine rings is 1. The molecule has 2 aromatic carbocycles. The summed E-state index contributed by atoms with van der Waals surface area (Å²) >= 11 is 0. The molecule has 0 saturated carbocycles. The summed E-state index contributed by atoms with van der Waals surface area (Å²) in [5, 5.41) is 2.44. The zero-order valence-electron chi connectivity index (χ0n) is 18.2. The number of nitrogens with two attached hydrogens (primary N) is 1. The number of H-pyrrole nitrogens is 1. The zero-order valence-corrected chi connectivity index (χ0v) is 18.2. The Balaban J connectivity index is 1.95. The van der Waals surface area contributed by atoms with Crippen LogP contribution in [0.3, 0.4) is 0 Å². The maximum Gasteiger partial charge on any atom is 0.145 e. The van der Waals surface area contributed by atoms with Gasteiger partial charge in [-0.15, -0.1) is 0 Å². The number of benzene rings is 2. The molecule has 4 rings (SSSR count). The first kappa shape index (κ1) is 20.4. The number of nitrogens with one attached hydrogen (secondary N) is 1. The van der Waals surface area contributed by atoms with Crippen LogP contribution in [0.25, 0.3) is 33.1 Å². The lowest BCUT2D eigenvalue weighted by Crippen LogP contribution is -2.00. The second-order valence-electron chi connectivity index (χ2n) is 7.85. The quantitative estimate of drug-likeness (QED) is 0.359. The third-order valence-corrected chi connectivity index (χ3v) is 5.79. The first-order valence-electron chi connectivity index (χ1n) is 11.0. The summed E-state index contributed by atoms with van der Waals surface area (Å²) in [6, 6.07) is 15.2. The van der Waals surface area contributed by atoms with E-state index in [1.54, 1.807) is 0 Å². The summed E-state index contributed by atoms with van der Waals surface area (Å²) in [5.41, 5.74) is 14.0. The van der Waals surface area contributed by atoms with Crippen molar-refractivity contribution in [1.82, 2.24) is 9.97 Å². The Morgan fingerprint density at radius 2 is 1.87 bits per heavy atom. The van der Waals surface area contributed by atoms with Gasteiger partial charge in [0.1, 0.15) is 11.3 Å². The number of fused-ring (bicyclic) bond motifs is 2. The van der Waals surface area contributed by atoms with E-state index in [1.807, 2.05) is 13.8 Å². The lowest BCUT2D eigenvalue weighted by atomic mass is 9.96. The Kier molecular flexibility index (Phi) is 6.05. The molecule has 0 aliphatic carbocycles. The van der Waals surface area contributed by atoms with Crippen molar-refractivity contribution in [3.63, 3.8) is 0 Å². The highest BCUT2D eigenvalue weighted by Crippen LogP contribution is 2.38. The molecule has 2 aromatic heterocycles. The Morgan fingerprint density at radius 3 is 2.63 bits per heavy atom. The van der Waals surface area contributed by atoms with Gasteiger partial charge in [-0.2, -0.15) is 0 Å². The predicted molar refractivity (Wildman–Crippen MR) is 126 cm³/mol. The van der Waals surface area contributed by atoms with E-state index in [4.69, 9.17) is 15.5 Å². The maximum absolute atomic E-state index is 5.88. The highest BCUT2D eigenvalue weighted by molar-refractivity contribution is 6.01. The number of ether oxygens (including phenoxy) is 1. The molecule has 0 atom stereocenters. The van der Waals surface area contributed by atoms with Crippen molar-refractivity contribution < 1.29 is 4.74 Å². The fourth-order valence-corrected chi connectivity index (χ4v) is 4.23. The van der Waals surface area contributed by atoms with Crippen molar-refractivity contribution in [1.29, 1.82) is 0 Å². The van der Waals surface area contributed by atoms with Crippen molar-refractivity contribution in [2.24, 2.45) is 5.73 Å². The van der Waals surface area contributed by atoms with Crippen LogP contribution in [-0.2, 0) is 12.8 Å². The van der Waals surface area contributed by atoms with Gasteiger partial charge in [0.05, 0.1) is 12.3 Å². The lowest BCUT2D eigenvalue weighted by Gasteiger charge is -2.13. The smallest absolute Gasteiger partial charge is 0.145 e. The molecular formula is C26H31N3O. The van der Waals surface area contributed by atoms with E-state index in [2.05, 4.69) is 54.4 Å². The van der Waals surface area contributed by atoms with E-state index in [0.29, 0.717) is 6.61 Å². The van der Waals surface area contributed by atoms with Crippen molar-refractivity contribution in [3.8, 4) is 17.0 Å². The molecule has 0 fully saturated rings. The van der Waals surface area contributed by atoms with Gasteiger partial charge in [0, 0.05) is 27.5 Å². The third-order valence-electron chi connectivity index (χ3n) is 5.79. The fraction of sp³-hybridized carbons (Fsp3) is 0.346. The molecule has 0 spiro atoms. The average Bonchev–Trinajstić information content (AvgIpc) is 3.12. The second kappa shape index (κ2) is 8.88. The molecular weight excluding hydrogens is 370 g/mol. The van der Waals surface area contributed by atoms with Crippen molar-refractivity contribution in [2.45, 2.75) is 46.5 Å². The minimum Gasteiger partial charge on any atom is -0.492 e. The van der Waals surface area contributed by atoms with E-state index < -0.39 is 0 Å². The maximum atomic E-state index is 5.88. The molecule has 0 saturated heterocycles. The normalized spacial score (nSPS) is 11.5. The van der Waals surface area contributed by atoms with E-state index >= 15 is 0 Å². The molecule has 0 amide bonds. The van der Waals surface area contributed by atoms with E-state index in [9.17, 15) is 0 Å². The third kappa shape index (κ3) is 3.80. The zero-order chi connectivity index (χ0) is 21.1. The molecule has 0 bridgehead atoms. The Bertz CT molecular complexity index is 1180. The van der Waals surface area contributed by atoms with Crippen LogP contribution in [0.4, 0.5) is 0 Å². The van der Waals surface area contributed by atoms with E-state index in [0.717, 1.165) is 54.6 Å². The Hall–Kier alpha value is -2.85. The molecule has 2 heterocycles. The largest absolute Gasteiger partial charge is 0.492 e. The standard InChI is InChI=1S/C26H31N3O/c1-4-18-10-13-23-22(16-18)19(8-6-7-15-27)25(29-23)20-12-14-24(30-5-2)26-21(20)11-9-17(3)28-26/h9-14,16,29H,4-8,15,27H2,1-3H3. The Labute approximate surface area is 178 Å². The molecule has 156 valence electrons. The van der Waals surface area contributed by atoms with Crippen molar-refractivity contribution in [2.75, 3.05) is 13.2 Å². The highest BCUT2D eigenvalue weighted by atomic mass is 16.5. The van der Waals surface area contributed by atoms with Gasteiger partial charge in [-0.05, 0) is 87.5 Å². The summed E-state index contributed by atoms with van der Waals surface area (Å²) in [7, 11) is 0. The van der Waals surface area contributed by atoms with Crippen LogP contribution in [0.15, 0.2) is 42.5 Å². The monoisotopic (exact) mass is 401 g/mol. The molecule has 4 nitrogen and oxygen atoms in total. The highest BCUT2D eigenvalue weighted by Gasteiger charge is 2.17. The SMILES string of the molecule is CCOc1ccc(-c2[nH]c3ccc(CC)cc3c2CCCCN)c2ccc(C)nc12. The van der Waals surface area contributed by atoms with Crippen LogP contribution in [-0.4, -0.2) is 23.1 Å². The summed E-state index contributed by atoms with van der Waals surface area (Å²) in [6.45, 7) is 7.59. The molecule has 0 unspecified atom stereocenters. The average molecular weight is 402 g/mol. The van der Waals surface area contributed by atoms with Gasteiger partial charge in [-0.3, -0.25) is 0 Å². The number of hydrogen-bond acceptors (Lipinski definition) is 3. The Morgan fingerprint density at radius 1 is 1.00 bits per heavy atom. The number of unbranched alkanes of at least 4 members (excludes halogenated alkanes) is 1. The summed E-state index contributed by atoms with van der Waals surface area (Å²) in [4.78, 5) is 8.53. The van der Waals surface area contributed by atoms with Crippen molar-refractivity contribution in [3.05, 3.63) is 59.3 Å². The summed E-state index contributed by atoms with van der Waals surface area (Å²) in [5.74, 6) is 0.842. The van der Waals surface area contributed by atoms with Gasteiger partial charge in [-0.25, -0.2) is 4.98 Å². The van der Waals surface area contributed by atoms with Gasteiger partial charge >= 0.3 is 0 Å². The number of rotatable bonds is 8. The molecule has 4 aromatic rings. The summed E-state index contributed by atoms with van der Waals surface area (Å²) in [6.07, 6.45) is 4.16. The van der Waals surface area contributed by atoms with Crippen LogP contribution in [0.2, 0.25) is 0 Å². The number of aromatic amines is 1. The second-order valence-corrected chi connectivity index (χ2v) is 7.85. The lowest BCUT2D eigenvalue weighted by molar-refractivity contribution is 0.343. The van der Waals surface area contributed by atoms with Crippen molar-refractivity contribution >= 4 is 21.8 Å². The first-order chi connectivity index (χ1) is 14.7. The first-order valence-corrected chi connectivity index (χ1v) is 11.0. The molecule has 4 heteroatoms. The van der Waals surface area contributed by atoms with Crippen LogP contribution in [0.5, 0.6) is 5.75 Å². The van der Waals surface area contributed by atoms with E-state index in [1.165, 1.54) is 33.3 Å². The summed E-state index contributed by atoms with van der Waals surface area (Å²) < 4.78 is 5.88. The minimum absolute atomic E-state index is 0.626. The predicted octanol–water partition coefficient (Wildman–Crippen LogP) is 5.93.